The van der Waals surface area contributed by atoms with E-state index in [0.29, 0.717) is 5.75 Å². The fourth-order valence-electron chi connectivity index (χ4n) is 2.53. The van der Waals surface area contributed by atoms with Gasteiger partial charge in [0.25, 0.3) is 0 Å². The zero-order valence-corrected chi connectivity index (χ0v) is 11.6. The lowest BCUT2D eigenvalue weighted by atomic mass is 9.88. The normalized spacial score (nSPS) is 19.7. The first-order valence-corrected chi connectivity index (χ1v) is 6.56. The Balaban J connectivity index is 2.02. The summed E-state index contributed by atoms with van der Waals surface area (Å²) in [7, 11) is 1.47. The topological polar surface area (TPSA) is 29.5 Å². The predicted molar refractivity (Wildman–Crippen MR) is 74.6 cm³/mol. The predicted octanol–water partition coefficient (Wildman–Crippen LogP) is 3.56. The zero-order chi connectivity index (χ0) is 15.9. The third-order valence-electron chi connectivity index (χ3n) is 3.66. The Morgan fingerprint density at radius 1 is 1.09 bits per heavy atom. The van der Waals surface area contributed by atoms with Crippen LogP contribution in [0.3, 0.4) is 0 Å². The van der Waals surface area contributed by atoms with Crippen molar-refractivity contribution in [1.29, 1.82) is 0 Å². The van der Waals surface area contributed by atoms with Crippen molar-refractivity contribution in [3.63, 3.8) is 0 Å². The van der Waals surface area contributed by atoms with E-state index in [4.69, 9.17) is 4.74 Å². The molecule has 3 rings (SSSR count). The highest BCUT2D eigenvalue weighted by Gasteiger charge is 2.65. The second-order valence-corrected chi connectivity index (χ2v) is 4.92. The highest BCUT2D eigenvalue weighted by Crippen LogP contribution is 2.50. The molecule has 0 aliphatic carbocycles. The molecule has 0 radical (unpaired) electrons. The van der Waals surface area contributed by atoms with Crippen LogP contribution in [-0.2, 0) is 4.79 Å². The molecule has 22 heavy (non-hydrogen) atoms. The number of carbonyl (C=O) groups is 1. The summed E-state index contributed by atoms with van der Waals surface area (Å²) in [6.45, 7) is 0. The van der Waals surface area contributed by atoms with Crippen LogP contribution in [0.2, 0.25) is 0 Å². The van der Waals surface area contributed by atoms with E-state index in [1.54, 1.807) is 12.1 Å². The number of carbonyl (C=O) groups excluding carboxylic acids is 1. The minimum atomic E-state index is -3.62. The fourth-order valence-corrected chi connectivity index (χ4v) is 2.53. The summed E-state index contributed by atoms with van der Waals surface area (Å²) in [5, 5.41) is 0. The second kappa shape index (κ2) is 5.05. The maximum absolute atomic E-state index is 14.0. The number of hydrogen-bond donors (Lipinski definition) is 0. The molecule has 1 aliphatic rings. The van der Waals surface area contributed by atoms with E-state index in [2.05, 4.69) is 0 Å². The van der Waals surface area contributed by atoms with Crippen LogP contribution in [0.5, 0.6) is 5.75 Å². The Labute approximate surface area is 124 Å². The van der Waals surface area contributed by atoms with Gasteiger partial charge in [0.15, 0.2) is 0 Å². The first-order chi connectivity index (χ1) is 10.5. The molecular weight excluding hydrogens is 295 g/mol. The van der Waals surface area contributed by atoms with Crippen LogP contribution in [0.15, 0.2) is 48.5 Å². The summed E-state index contributed by atoms with van der Waals surface area (Å²) >= 11 is 0. The zero-order valence-electron chi connectivity index (χ0n) is 11.6. The molecule has 0 N–H and O–H groups in total. The summed E-state index contributed by atoms with van der Waals surface area (Å²) in [4.78, 5) is 12.7. The molecule has 3 nitrogen and oxygen atoms in total. The monoisotopic (exact) mass is 307 g/mol. The van der Waals surface area contributed by atoms with Crippen molar-refractivity contribution < 1.29 is 22.7 Å². The van der Waals surface area contributed by atoms with Gasteiger partial charge in [-0.1, -0.05) is 18.2 Å². The third-order valence-corrected chi connectivity index (χ3v) is 3.66. The molecule has 1 heterocycles. The average Bonchev–Trinajstić information content (AvgIpc) is 2.53. The molecule has 1 amide bonds. The minimum Gasteiger partial charge on any atom is -0.497 e. The number of benzene rings is 2. The van der Waals surface area contributed by atoms with Crippen LogP contribution in [0.1, 0.15) is 11.6 Å². The SMILES string of the molecule is COc1ccc(N2C(=O)C(F)(F)[C@@H]2c2ccccc2F)cc1. The smallest absolute Gasteiger partial charge is 0.349 e. The summed E-state index contributed by atoms with van der Waals surface area (Å²) in [6, 6.07) is 9.67. The van der Waals surface area contributed by atoms with Gasteiger partial charge in [0.2, 0.25) is 0 Å². The van der Waals surface area contributed by atoms with Gasteiger partial charge < -0.3 is 4.74 Å². The van der Waals surface area contributed by atoms with Crippen molar-refractivity contribution in [2.45, 2.75) is 12.0 Å². The number of ether oxygens (including phenoxy) is 1. The van der Waals surface area contributed by atoms with Crippen LogP contribution in [0.4, 0.5) is 18.9 Å². The van der Waals surface area contributed by atoms with Crippen LogP contribution in [-0.4, -0.2) is 18.9 Å². The Kier molecular flexibility index (Phi) is 3.31. The molecule has 0 bridgehead atoms. The molecule has 1 fully saturated rings. The Hall–Kier alpha value is -2.50. The quantitative estimate of drug-likeness (QED) is 0.812. The van der Waals surface area contributed by atoms with Crippen molar-refractivity contribution in [3.05, 3.63) is 59.9 Å². The Bertz CT molecular complexity index is 716. The van der Waals surface area contributed by atoms with E-state index in [1.807, 2.05) is 0 Å². The van der Waals surface area contributed by atoms with E-state index in [-0.39, 0.29) is 11.3 Å². The summed E-state index contributed by atoms with van der Waals surface area (Å²) in [6.07, 6.45) is 0. The van der Waals surface area contributed by atoms with E-state index in [0.717, 1.165) is 11.0 Å². The number of alkyl halides is 2. The first-order valence-electron chi connectivity index (χ1n) is 6.56. The highest BCUT2D eigenvalue weighted by atomic mass is 19.3. The minimum absolute atomic E-state index is 0.206. The molecule has 1 atom stereocenters. The largest absolute Gasteiger partial charge is 0.497 e. The van der Waals surface area contributed by atoms with Gasteiger partial charge in [0.1, 0.15) is 17.6 Å². The van der Waals surface area contributed by atoms with Gasteiger partial charge in [-0.25, -0.2) is 4.39 Å². The number of anilines is 1. The standard InChI is InChI=1S/C16H12F3NO2/c1-22-11-8-6-10(7-9-11)20-14(16(18,19)15(20)21)12-4-2-3-5-13(12)17/h2-9,14H,1H3/t14-/m0/s1. The molecule has 1 saturated heterocycles. The molecule has 0 unspecified atom stereocenters. The number of β-lactam (4-membered cyclic amide) rings is 1. The molecule has 6 heteroatoms. The number of amides is 1. The van der Waals surface area contributed by atoms with Crippen LogP contribution < -0.4 is 9.64 Å². The summed E-state index contributed by atoms with van der Waals surface area (Å²) < 4.78 is 46.8. The number of hydrogen-bond acceptors (Lipinski definition) is 2. The van der Waals surface area contributed by atoms with Gasteiger partial charge in [-0.2, -0.15) is 8.78 Å². The molecule has 0 spiro atoms. The Morgan fingerprint density at radius 2 is 1.73 bits per heavy atom. The van der Waals surface area contributed by atoms with Gasteiger partial charge >= 0.3 is 11.8 Å². The van der Waals surface area contributed by atoms with Gasteiger partial charge in [-0.05, 0) is 30.3 Å². The maximum Gasteiger partial charge on any atom is 0.349 e. The van der Waals surface area contributed by atoms with Crippen molar-refractivity contribution in [2.24, 2.45) is 0 Å². The van der Waals surface area contributed by atoms with E-state index in [9.17, 15) is 18.0 Å². The second-order valence-electron chi connectivity index (χ2n) is 4.92. The maximum atomic E-state index is 14.0. The fraction of sp³-hybridized carbons (Fsp3) is 0.188. The van der Waals surface area contributed by atoms with Crippen molar-refractivity contribution in [2.75, 3.05) is 12.0 Å². The number of methoxy groups -OCH3 is 1. The molecular formula is C16H12F3NO2. The molecule has 2 aromatic rings. The molecule has 0 aromatic heterocycles. The van der Waals surface area contributed by atoms with Gasteiger partial charge in [0, 0.05) is 11.3 Å². The Morgan fingerprint density at radius 3 is 2.32 bits per heavy atom. The lowest BCUT2D eigenvalue weighted by Crippen LogP contribution is -2.64. The van der Waals surface area contributed by atoms with Crippen molar-refractivity contribution in [3.8, 4) is 5.75 Å². The first kappa shape index (κ1) is 14.4. The number of halogens is 3. The highest BCUT2D eigenvalue weighted by molar-refractivity contribution is 6.07. The number of rotatable bonds is 3. The van der Waals surface area contributed by atoms with E-state index in [1.165, 1.54) is 37.4 Å². The third kappa shape index (κ3) is 2.03. The van der Waals surface area contributed by atoms with Gasteiger partial charge in [-0.3, -0.25) is 9.69 Å². The van der Waals surface area contributed by atoms with Gasteiger partial charge in [0.05, 0.1) is 7.11 Å². The summed E-state index contributed by atoms with van der Waals surface area (Å²) in [5.74, 6) is -5.20. The average molecular weight is 307 g/mol. The molecule has 1 aliphatic heterocycles. The lowest BCUT2D eigenvalue weighted by Gasteiger charge is -2.46. The van der Waals surface area contributed by atoms with Crippen molar-refractivity contribution in [1.82, 2.24) is 0 Å². The molecule has 2 aromatic carbocycles. The summed E-state index contributed by atoms with van der Waals surface area (Å²) in [5.41, 5.74) is 0.0629. The van der Waals surface area contributed by atoms with Crippen LogP contribution in [0.25, 0.3) is 0 Å². The van der Waals surface area contributed by atoms with E-state index >= 15 is 0 Å². The van der Waals surface area contributed by atoms with Crippen LogP contribution >= 0.6 is 0 Å². The van der Waals surface area contributed by atoms with Gasteiger partial charge in [-0.15, -0.1) is 0 Å². The molecule has 0 saturated carbocycles. The lowest BCUT2D eigenvalue weighted by molar-refractivity contribution is -0.162. The molecule has 114 valence electrons. The number of nitrogens with zero attached hydrogens (tertiary/aromatic N) is 1. The van der Waals surface area contributed by atoms with Crippen LogP contribution in [0, 0.1) is 5.82 Å². The van der Waals surface area contributed by atoms with Crippen molar-refractivity contribution >= 4 is 11.6 Å². The van der Waals surface area contributed by atoms with E-state index < -0.39 is 23.7 Å².